The molecule has 29 heavy (non-hydrogen) atoms. The molecule has 0 radical (unpaired) electrons. The quantitative estimate of drug-likeness (QED) is 0.476. The Morgan fingerprint density at radius 3 is 2.10 bits per heavy atom. The second-order valence-corrected chi connectivity index (χ2v) is 6.98. The fourth-order valence-electron chi connectivity index (χ4n) is 3.76. The van der Waals surface area contributed by atoms with Crippen molar-refractivity contribution in [2.24, 2.45) is 0 Å². The van der Waals surface area contributed by atoms with Crippen molar-refractivity contribution >= 4 is 35.1 Å². The van der Waals surface area contributed by atoms with Gasteiger partial charge in [-0.05, 0) is 35.2 Å². The van der Waals surface area contributed by atoms with Crippen LogP contribution in [0.3, 0.4) is 0 Å². The number of carbonyl (C=O) groups excluding carboxylic acids is 1. The van der Waals surface area contributed by atoms with Crippen LogP contribution < -0.4 is 10.5 Å². The molecule has 3 aromatic rings. The maximum absolute atomic E-state index is 12.9. The highest BCUT2D eigenvalue weighted by atomic mass is 19.4. The summed E-state index contributed by atoms with van der Waals surface area (Å²) in [4.78, 5) is 12.0. The minimum atomic E-state index is -4.41. The van der Waals surface area contributed by atoms with Crippen molar-refractivity contribution < 1.29 is 22.7 Å². The Morgan fingerprint density at radius 2 is 1.59 bits per heavy atom. The van der Waals surface area contributed by atoms with Gasteiger partial charge in [0, 0.05) is 29.0 Å². The Hall–Kier alpha value is -3.16. The Morgan fingerprint density at radius 1 is 1.00 bits per heavy atom. The highest BCUT2D eigenvalue weighted by Gasteiger charge is 2.36. The Bertz CT molecular complexity index is 1010. The van der Waals surface area contributed by atoms with Gasteiger partial charge in [-0.2, -0.15) is 13.2 Å². The smallest absolute Gasteiger partial charge is 0.416 e. The maximum Gasteiger partial charge on any atom is 0.416 e. The molecule has 4 rings (SSSR count). The van der Waals surface area contributed by atoms with Gasteiger partial charge < -0.3 is 15.2 Å². The monoisotopic (exact) mass is 398 g/mol. The molecule has 1 atom stereocenters. The summed E-state index contributed by atoms with van der Waals surface area (Å²) in [6.45, 7) is -0.397. The molecule has 4 nitrogen and oxygen atoms in total. The van der Waals surface area contributed by atoms with Gasteiger partial charge in [-0.1, -0.05) is 36.4 Å². The van der Waals surface area contributed by atoms with Gasteiger partial charge in [0.1, 0.15) is 0 Å². The lowest BCUT2D eigenvalue weighted by atomic mass is 9.56. The summed E-state index contributed by atoms with van der Waals surface area (Å²) in [5.41, 5.74) is 1.70. The first kappa shape index (κ1) is 19.2. The van der Waals surface area contributed by atoms with E-state index in [0.717, 1.165) is 34.3 Å². The summed E-state index contributed by atoms with van der Waals surface area (Å²) in [7, 11) is 1.30. The van der Waals surface area contributed by atoms with Crippen LogP contribution in [0.25, 0.3) is 10.8 Å². The number of hydrogen-bond acceptors (Lipinski definition) is 4. The molecule has 3 aromatic carbocycles. The number of carbonyl (C=O) groups is 1. The van der Waals surface area contributed by atoms with E-state index in [2.05, 4.69) is 10.5 Å². The Kier molecular flexibility index (Phi) is 4.86. The van der Waals surface area contributed by atoms with Gasteiger partial charge in [0.25, 0.3) is 0 Å². The molecular weight excluding hydrogens is 380 g/mol. The van der Waals surface area contributed by atoms with E-state index in [1.165, 1.54) is 19.2 Å². The van der Waals surface area contributed by atoms with Crippen LogP contribution in [0.1, 0.15) is 23.4 Å². The van der Waals surface area contributed by atoms with Gasteiger partial charge in [-0.3, -0.25) is 4.79 Å². The van der Waals surface area contributed by atoms with Crippen LogP contribution >= 0.6 is 0 Å². The predicted octanol–water partition coefficient (Wildman–Crippen LogP) is 5.07. The molecule has 0 saturated heterocycles. The van der Waals surface area contributed by atoms with Crippen molar-refractivity contribution in [1.82, 2.24) is 0 Å². The van der Waals surface area contributed by atoms with E-state index in [0.29, 0.717) is 5.56 Å². The molecule has 0 unspecified atom stereocenters. The van der Waals surface area contributed by atoms with Crippen molar-refractivity contribution in [3.63, 3.8) is 0 Å². The number of rotatable bonds is 4. The summed E-state index contributed by atoms with van der Waals surface area (Å²) in [6, 6.07) is 16.7. The van der Waals surface area contributed by atoms with Crippen molar-refractivity contribution in [3.8, 4) is 0 Å². The molecule has 0 amide bonds. The first-order chi connectivity index (χ1) is 13.9. The van der Waals surface area contributed by atoms with Crippen LogP contribution in [-0.2, 0) is 15.7 Å². The molecule has 0 aliphatic carbocycles. The van der Waals surface area contributed by atoms with Crippen LogP contribution in [0.5, 0.6) is 0 Å². The van der Waals surface area contributed by atoms with Crippen molar-refractivity contribution in [1.29, 1.82) is 0 Å². The zero-order valence-electron chi connectivity index (χ0n) is 15.6. The zero-order valence-corrected chi connectivity index (χ0v) is 15.6. The molecule has 1 aliphatic rings. The fourth-order valence-corrected chi connectivity index (χ4v) is 3.76. The fraction of sp³-hybridized carbons (Fsp3) is 0.190. The van der Waals surface area contributed by atoms with Crippen molar-refractivity contribution in [3.05, 3.63) is 71.8 Å². The predicted molar refractivity (Wildman–Crippen MR) is 108 cm³/mol. The number of nitrogens with one attached hydrogen (secondary N) is 2. The normalized spacial score (nSPS) is 14.1. The third-order valence-corrected chi connectivity index (χ3v) is 5.21. The lowest BCUT2D eigenvalue weighted by Gasteiger charge is -2.31. The van der Waals surface area contributed by atoms with Gasteiger partial charge >= 0.3 is 19.1 Å². The number of esters is 1. The van der Waals surface area contributed by atoms with E-state index in [4.69, 9.17) is 4.74 Å². The molecule has 8 heteroatoms. The molecule has 1 heterocycles. The second kappa shape index (κ2) is 7.35. The van der Waals surface area contributed by atoms with E-state index in [9.17, 15) is 18.0 Å². The summed E-state index contributed by atoms with van der Waals surface area (Å²) < 4.78 is 43.6. The third-order valence-electron chi connectivity index (χ3n) is 5.21. The van der Waals surface area contributed by atoms with Gasteiger partial charge in [-0.25, -0.2) is 0 Å². The maximum atomic E-state index is 12.9. The Balaban J connectivity index is 1.70. The van der Waals surface area contributed by atoms with Gasteiger partial charge in [0.05, 0.1) is 12.7 Å². The topological polar surface area (TPSA) is 50.4 Å². The molecule has 0 aromatic heterocycles. The summed E-state index contributed by atoms with van der Waals surface area (Å²) in [5, 5.41) is 8.89. The largest absolute Gasteiger partial charge is 0.469 e. The minimum Gasteiger partial charge on any atom is -0.469 e. The molecule has 0 saturated carbocycles. The lowest BCUT2D eigenvalue weighted by molar-refractivity contribution is -0.141. The molecule has 1 aliphatic heterocycles. The van der Waals surface area contributed by atoms with Crippen LogP contribution in [-0.4, -0.2) is 20.1 Å². The number of halogens is 3. The molecule has 148 valence electrons. The van der Waals surface area contributed by atoms with Crippen LogP contribution in [0.15, 0.2) is 60.7 Å². The standard InChI is InChI=1S/C21H18BF3N2O2/c1-29-19(28)12-16(13-8-10-15(11-9-13)21(23,24)25)22-26-17-6-2-4-14-5-3-7-18(27-22)20(14)17/h2-11,16,26-27H,12H2,1H3/t16-/m1/s1. The number of ether oxygens (including phenoxy) is 1. The first-order valence-electron chi connectivity index (χ1n) is 9.15. The van der Waals surface area contributed by atoms with Crippen LogP contribution in [0, 0.1) is 0 Å². The van der Waals surface area contributed by atoms with E-state index < -0.39 is 30.5 Å². The van der Waals surface area contributed by atoms with Crippen LogP contribution in [0.2, 0.25) is 0 Å². The lowest BCUT2D eigenvalue weighted by Crippen LogP contribution is -2.44. The number of anilines is 2. The molecule has 0 bridgehead atoms. The molecule has 2 N–H and O–H groups in total. The van der Waals surface area contributed by atoms with Gasteiger partial charge in [0.15, 0.2) is 0 Å². The van der Waals surface area contributed by atoms with Crippen LogP contribution in [0.4, 0.5) is 24.5 Å². The number of methoxy groups -OCH3 is 1. The second-order valence-electron chi connectivity index (χ2n) is 6.98. The summed E-state index contributed by atoms with van der Waals surface area (Å²) in [6.07, 6.45) is -4.39. The summed E-state index contributed by atoms with van der Waals surface area (Å²) in [5.74, 6) is -0.871. The highest BCUT2D eigenvalue weighted by molar-refractivity contribution is 6.69. The molecule has 0 fully saturated rings. The first-order valence-corrected chi connectivity index (χ1v) is 9.15. The van der Waals surface area contributed by atoms with E-state index >= 15 is 0 Å². The SMILES string of the molecule is COC(=O)C[C@@H](B1Nc2cccc3cccc(c23)N1)c1ccc(C(F)(F)F)cc1. The zero-order chi connectivity index (χ0) is 20.6. The van der Waals surface area contributed by atoms with Crippen molar-refractivity contribution in [2.75, 3.05) is 17.6 Å². The van der Waals surface area contributed by atoms with Gasteiger partial charge in [-0.15, -0.1) is 0 Å². The summed E-state index contributed by atoms with van der Waals surface area (Å²) >= 11 is 0. The average molecular weight is 398 g/mol. The van der Waals surface area contributed by atoms with Crippen molar-refractivity contribution in [2.45, 2.75) is 18.4 Å². The average Bonchev–Trinajstić information content (AvgIpc) is 2.71. The molecule has 0 spiro atoms. The highest BCUT2D eigenvalue weighted by Crippen LogP contribution is 2.38. The minimum absolute atomic E-state index is 0.0185. The number of alkyl halides is 3. The van der Waals surface area contributed by atoms with E-state index in [1.54, 1.807) is 0 Å². The van der Waals surface area contributed by atoms with E-state index in [1.807, 2.05) is 36.4 Å². The van der Waals surface area contributed by atoms with Gasteiger partial charge in [0.2, 0.25) is 0 Å². The van der Waals surface area contributed by atoms with E-state index in [-0.39, 0.29) is 6.42 Å². The number of hydrogen-bond donors (Lipinski definition) is 2. The number of benzene rings is 3. The molecular formula is C21H18BF3N2O2. The Labute approximate surface area is 166 Å². The third kappa shape index (κ3) is 3.74.